The second kappa shape index (κ2) is 7.27. The van der Waals surface area contributed by atoms with Crippen molar-refractivity contribution < 1.29 is 14.3 Å². The number of aryl methyl sites for hydroxylation is 2. The number of methoxy groups -OCH3 is 1. The predicted molar refractivity (Wildman–Crippen MR) is 90.7 cm³/mol. The molecule has 0 aliphatic heterocycles. The first-order valence-electron chi connectivity index (χ1n) is 7.26. The summed E-state index contributed by atoms with van der Waals surface area (Å²) in [6.07, 6.45) is 0.240. The summed E-state index contributed by atoms with van der Waals surface area (Å²) in [7, 11) is 1.33. The molecule has 0 fully saturated rings. The van der Waals surface area contributed by atoms with Crippen molar-refractivity contribution in [3.63, 3.8) is 0 Å². The highest BCUT2D eigenvalue weighted by Gasteiger charge is 2.39. The van der Waals surface area contributed by atoms with Crippen molar-refractivity contribution >= 4 is 27.8 Å². The number of nitrogens with one attached hydrogen (secondary N) is 1. The van der Waals surface area contributed by atoms with Crippen LogP contribution in [0.5, 0.6) is 0 Å². The lowest BCUT2D eigenvalue weighted by atomic mass is 9.88. The van der Waals surface area contributed by atoms with Crippen molar-refractivity contribution in [1.82, 2.24) is 5.32 Å². The maximum Gasteiger partial charge on any atom is 0.331 e. The molecule has 0 aliphatic carbocycles. The molecule has 0 bridgehead atoms. The number of carbonyl (C=O) groups excluding carboxylic acids is 2. The quantitative estimate of drug-likeness (QED) is 0.809. The van der Waals surface area contributed by atoms with Gasteiger partial charge < -0.3 is 10.1 Å². The zero-order chi connectivity index (χ0) is 17.1. The molecule has 0 radical (unpaired) electrons. The van der Waals surface area contributed by atoms with Gasteiger partial charge in [0, 0.05) is 4.47 Å². The summed E-state index contributed by atoms with van der Waals surface area (Å²) in [6.45, 7) is 9.41. The highest BCUT2D eigenvalue weighted by Crippen LogP contribution is 2.22. The molecule has 1 aromatic carbocycles. The zero-order valence-corrected chi connectivity index (χ0v) is 15.6. The number of esters is 1. The van der Waals surface area contributed by atoms with E-state index in [1.54, 1.807) is 6.92 Å². The molecule has 5 heteroatoms. The van der Waals surface area contributed by atoms with E-state index in [0.29, 0.717) is 0 Å². The Kier molecular flexibility index (Phi) is 6.17. The summed E-state index contributed by atoms with van der Waals surface area (Å²) in [5.74, 6) is -0.689. The van der Waals surface area contributed by atoms with E-state index in [0.717, 1.165) is 21.2 Å². The summed E-state index contributed by atoms with van der Waals surface area (Å²) in [4.78, 5) is 24.4. The van der Waals surface area contributed by atoms with Crippen molar-refractivity contribution in [1.29, 1.82) is 0 Å². The summed E-state index contributed by atoms with van der Waals surface area (Å²) in [6, 6.07) is 3.97. The van der Waals surface area contributed by atoms with E-state index >= 15 is 0 Å². The largest absolute Gasteiger partial charge is 0.467 e. The fourth-order valence-corrected chi connectivity index (χ4v) is 3.04. The Morgan fingerprint density at radius 1 is 1.27 bits per heavy atom. The Labute approximate surface area is 140 Å². The van der Waals surface area contributed by atoms with Crippen LogP contribution in [-0.4, -0.2) is 24.5 Å². The molecule has 122 valence electrons. The predicted octanol–water partition coefficient (Wildman–Crippen LogP) is 3.31. The van der Waals surface area contributed by atoms with Gasteiger partial charge in [0.15, 0.2) is 0 Å². The van der Waals surface area contributed by atoms with Crippen molar-refractivity contribution in [2.75, 3.05) is 7.11 Å². The average Bonchev–Trinajstić information content (AvgIpc) is 2.41. The molecule has 1 atom stereocenters. The molecular formula is C17H24BrNO3. The van der Waals surface area contributed by atoms with Crippen LogP contribution in [0.4, 0.5) is 0 Å². The lowest BCUT2D eigenvalue weighted by molar-refractivity contribution is -0.152. The lowest BCUT2D eigenvalue weighted by Gasteiger charge is -2.31. The average molecular weight is 370 g/mol. The van der Waals surface area contributed by atoms with Gasteiger partial charge in [-0.05, 0) is 55.5 Å². The van der Waals surface area contributed by atoms with Crippen molar-refractivity contribution in [2.45, 2.75) is 46.6 Å². The molecule has 0 spiro atoms. The third-order valence-electron chi connectivity index (χ3n) is 4.16. The van der Waals surface area contributed by atoms with Gasteiger partial charge in [-0.15, -0.1) is 0 Å². The second-order valence-electron chi connectivity index (χ2n) is 6.09. The fraction of sp³-hybridized carbons (Fsp3) is 0.529. The van der Waals surface area contributed by atoms with Gasteiger partial charge in [-0.25, -0.2) is 4.79 Å². The van der Waals surface area contributed by atoms with E-state index in [1.807, 2.05) is 39.8 Å². The number of hydrogen-bond donors (Lipinski definition) is 1. The number of ether oxygens (including phenoxy) is 1. The Balaban J connectivity index is 2.97. The molecular weight excluding hydrogens is 346 g/mol. The second-order valence-corrected chi connectivity index (χ2v) is 7.01. The van der Waals surface area contributed by atoms with Gasteiger partial charge in [-0.1, -0.05) is 29.8 Å². The molecule has 4 nitrogen and oxygen atoms in total. The molecule has 0 saturated carbocycles. The van der Waals surface area contributed by atoms with Crippen LogP contribution in [0, 0.1) is 19.8 Å². The van der Waals surface area contributed by atoms with Gasteiger partial charge in [0.05, 0.1) is 13.5 Å². The Morgan fingerprint density at radius 3 is 2.18 bits per heavy atom. The van der Waals surface area contributed by atoms with Crippen molar-refractivity contribution in [3.8, 4) is 0 Å². The highest BCUT2D eigenvalue weighted by atomic mass is 79.9. The van der Waals surface area contributed by atoms with Crippen LogP contribution in [0.3, 0.4) is 0 Å². The SMILES string of the molecule is COC(=O)C(C)(NC(=O)Cc1c(C)cc(Br)cc1C)C(C)C. The van der Waals surface area contributed by atoms with Gasteiger partial charge in [-0.2, -0.15) is 0 Å². The summed E-state index contributed by atoms with van der Waals surface area (Å²) in [5.41, 5.74) is 2.05. The topological polar surface area (TPSA) is 55.4 Å². The zero-order valence-electron chi connectivity index (χ0n) is 14.0. The van der Waals surface area contributed by atoms with E-state index in [1.165, 1.54) is 7.11 Å². The standard InChI is InChI=1S/C17H24BrNO3/c1-10(2)17(5,16(21)22-6)19-15(20)9-14-11(3)7-13(18)8-12(14)4/h7-8,10H,9H2,1-6H3,(H,19,20). The van der Waals surface area contributed by atoms with Gasteiger partial charge in [0.25, 0.3) is 0 Å². The van der Waals surface area contributed by atoms with Crippen LogP contribution in [0.25, 0.3) is 0 Å². The number of benzene rings is 1. The monoisotopic (exact) mass is 369 g/mol. The third kappa shape index (κ3) is 4.09. The minimum atomic E-state index is -1.02. The first kappa shape index (κ1) is 18.7. The van der Waals surface area contributed by atoms with E-state index in [-0.39, 0.29) is 18.2 Å². The number of hydrogen-bond acceptors (Lipinski definition) is 3. The number of halogens is 1. The molecule has 1 N–H and O–H groups in total. The van der Waals surface area contributed by atoms with Crippen LogP contribution < -0.4 is 5.32 Å². The number of rotatable bonds is 5. The van der Waals surface area contributed by atoms with Crippen LogP contribution in [0.15, 0.2) is 16.6 Å². The van der Waals surface area contributed by atoms with Crippen LogP contribution in [0.1, 0.15) is 37.5 Å². The van der Waals surface area contributed by atoms with E-state index < -0.39 is 11.5 Å². The van der Waals surface area contributed by atoms with E-state index in [9.17, 15) is 9.59 Å². The maximum atomic E-state index is 12.4. The molecule has 1 unspecified atom stereocenters. The van der Waals surface area contributed by atoms with Crippen LogP contribution in [0.2, 0.25) is 0 Å². The number of amides is 1. The Hall–Kier alpha value is -1.36. The summed E-state index contributed by atoms with van der Waals surface area (Å²) < 4.78 is 5.82. The van der Waals surface area contributed by atoms with Crippen LogP contribution in [-0.2, 0) is 20.7 Å². The minimum Gasteiger partial charge on any atom is -0.467 e. The number of carbonyl (C=O) groups is 2. The Morgan fingerprint density at radius 2 is 1.77 bits per heavy atom. The molecule has 22 heavy (non-hydrogen) atoms. The normalized spacial score (nSPS) is 13.6. The van der Waals surface area contributed by atoms with E-state index in [4.69, 9.17) is 4.74 Å². The fourth-order valence-electron chi connectivity index (χ4n) is 2.36. The summed E-state index contributed by atoms with van der Waals surface area (Å²) >= 11 is 3.45. The van der Waals surface area contributed by atoms with Gasteiger partial charge >= 0.3 is 5.97 Å². The van der Waals surface area contributed by atoms with Crippen molar-refractivity contribution in [2.24, 2.45) is 5.92 Å². The first-order chi connectivity index (χ1) is 10.1. The third-order valence-corrected chi connectivity index (χ3v) is 4.62. The molecule has 0 saturated heterocycles. The highest BCUT2D eigenvalue weighted by molar-refractivity contribution is 9.10. The van der Waals surface area contributed by atoms with Gasteiger partial charge in [0.1, 0.15) is 5.54 Å². The van der Waals surface area contributed by atoms with Gasteiger partial charge in [-0.3, -0.25) is 4.79 Å². The summed E-state index contributed by atoms with van der Waals surface area (Å²) in [5, 5.41) is 2.84. The molecule has 1 aromatic rings. The molecule has 0 aromatic heterocycles. The van der Waals surface area contributed by atoms with Gasteiger partial charge in [0.2, 0.25) is 5.91 Å². The molecule has 0 heterocycles. The minimum absolute atomic E-state index is 0.0731. The van der Waals surface area contributed by atoms with Crippen molar-refractivity contribution in [3.05, 3.63) is 33.3 Å². The lowest BCUT2D eigenvalue weighted by Crippen LogP contribution is -2.56. The van der Waals surface area contributed by atoms with Crippen LogP contribution >= 0.6 is 15.9 Å². The molecule has 1 amide bonds. The molecule has 0 aliphatic rings. The molecule has 1 rings (SSSR count). The maximum absolute atomic E-state index is 12.4. The van der Waals surface area contributed by atoms with E-state index in [2.05, 4.69) is 21.2 Å². The smallest absolute Gasteiger partial charge is 0.331 e. The first-order valence-corrected chi connectivity index (χ1v) is 8.06. The Bertz CT molecular complexity index is 560.